The van der Waals surface area contributed by atoms with Crippen molar-refractivity contribution in [3.8, 4) is 0 Å². The van der Waals surface area contributed by atoms with E-state index >= 15 is 0 Å². The van der Waals surface area contributed by atoms with Crippen molar-refractivity contribution in [2.75, 3.05) is 44.2 Å². The molecule has 3 rings (SSSR count). The summed E-state index contributed by atoms with van der Waals surface area (Å²) in [5.41, 5.74) is 0.379. The van der Waals surface area contributed by atoms with E-state index in [1.807, 2.05) is 6.07 Å². The van der Waals surface area contributed by atoms with Crippen LogP contribution < -0.4 is 4.90 Å². The van der Waals surface area contributed by atoms with Crippen LogP contribution in [0.25, 0.3) is 0 Å². The molecule has 2 aliphatic rings. The average molecular weight is 331 g/mol. The van der Waals surface area contributed by atoms with E-state index in [0.29, 0.717) is 31.9 Å². The number of aromatic nitrogens is 2. The smallest absolute Gasteiger partial charge is 0.274 e. The Morgan fingerprint density at radius 2 is 1.46 bits per heavy atom. The number of hydrogen-bond donors (Lipinski definition) is 0. The number of carbonyl (C=O) groups excluding carboxylic acids is 2. The number of piperazine rings is 1. The molecule has 24 heavy (non-hydrogen) atoms. The lowest BCUT2D eigenvalue weighted by Gasteiger charge is -2.34. The molecule has 0 radical (unpaired) electrons. The van der Waals surface area contributed by atoms with Crippen LogP contribution in [0.3, 0.4) is 0 Å². The summed E-state index contributed by atoms with van der Waals surface area (Å²) in [4.78, 5) is 29.6. The molecule has 2 fully saturated rings. The van der Waals surface area contributed by atoms with Crippen molar-refractivity contribution in [2.45, 2.75) is 32.6 Å². The van der Waals surface area contributed by atoms with Gasteiger partial charge in [-0.3, -0.25) is 9.59 Å². The van der Waals surface area contributed by atoms with E-state index in [2.05, 4.69) is 15.1 Å². The van der Waals surface area contributed by atoms with Gasteiger partial charge in [0, 0.05) is 46.2 Å². The van der Waals surface area contributed by atoms with Gasteiger partial charge in [-0.25, -0.2) is 0 Å². The lowest BCUT2D eigenvalue weighted by Crippen LogP contribution is -2.50. The van der Waals surface area contributed by atoms with Crippen molar-refractivity contribution in [3.05, 3.63) is 17.8 Å². The van der Waals surface area contributed by atoms with Gasteiger partial charge in [-0.15, -0.1) is 10.2 Å². The van der Waals surface area contributed by atoms with E-state index in [1.165, 1.54) is 25.7 Å². The fourth-order valence-electron chi connectivity index (χ4n) is 3.29. The van der Waals surface area contributed by atoms with Crippen molar-refractivity contribution >= 4 is 17.6 Å². The van der Waals surface area contributed by atoms with Gasteiger partial charge in [-0.05, 0) is 25.0 Å². The maximum atomic E-state index is 12.5. The van der Waals surface area contributed by atoms with E-state index in [-0.39, 0.29) is 11.8 Å². The van der Waals surface area contributed by atoms with E-state index in [4.69, 9.17) is 0 Å². The summed E-state index contributed by atoms with van der Waals surface area (Å²) < 4.78 is 0. The molecule has 0 aromatic carbocycles. The Bertz CT molecular complexity index is 573. The van der Waals surface area contributed by atoms with Gasteiger partial charge in [0.1, 0.15) is 0 Å². The summed E-state index contributed by atoms with van der Waals surface area (Å²) >= 11 is 0. The van der Waals surface area contributed by atoms with Gasteiger partial charge in [0.05, 0.1) is 0 Å². The third kappa shape index (κ3) is 3.83. The van der Waals surface area contributed by atoms with Crippen molar-refractivity contribution in [3.63, 3.8) is 0 Å². The van der Waals surface area contributed by atoms with E-state index in [9.17, 15) is 9.59 Å². The minimum atomic E-state index is -0.104. The maximum Gasteiger partial charge on any atom is 0.274 e. The highest BCUT2D eigenvalue weighted by molar-refractivity contribution is 5.92. The summed E-state index contributed by atoms with van der Waals surface area (Å²) in [5.74, 6) is 0.812. The Balaban J connectivity index is 1.61. The van der Waals surface area contributed by atoms with Gasteiger partial charge in [0.25, 0.3) is 5.91 Å². The molecule has 2 saturated heterocycles. The second-order valence-corrected chi connectivity index (χ2v) is 6.48. The molecule has 0 bridgehead atoms. The zero-order chi connectivity index (χ0) is 16.9. The van der Waals surface area contributed by atoms with Crippen molar-refractivity contribution in [1.29, 1.82) is 0 Å². The normalized spacial score (nSPS) is 19.1. The minimum Gasteiger partial charge on any atom is -0.355 e. The zero-order valence-electron chi connectivity index (χ0n) is 14.3. The summed E-state index contributed by atoms with van der Waals surface area (Å²) in [7, 11) is 0. The number of rotatable bonds is 2. The molecule has 3 heterocycles. The second-order valence-electron chi connectivity index (χ2n) is 6.48. The lowest BCUT2D eigenvalue weighted by atomic mass is 10.2. The molecule has 1 aromatic heterocycles. The molecule has 2 aliphatic heterocycles. The first-order valence-electron chi connectivity index (χ1n) is 8.78. The zero-order valence-corrected chi connectivity index (χ0v) is 14.3. The van der Waals surface area contributed by atoms with Gasteiger partial charge in [0.2, 0.25) is 5.91 Å². The van der Waals surface area contributed by atoms with Gasteiger partial charge in [-0.2, -0.15) is 0 Å². The Labute approximate surface area is 142 Å². The number of anilines is 1. The number of hydrogen-bond acceptors (Lipinski definition) is 5. The molecule has 0 saturated carbocycles. The van der Waals surface area contributed by atoms with E-state index in [1.54, 1.807) is 22.8 Å². The molecular weight excluding hydrogens is 306 g/mol. The van der Waals surface area contributed by atoms with Crippen LogP contribution in [-0.4, -0.2) is 71.1 Å². The molecule has 0 N–H and O–H groups in total. The summed E-state index contributed by atoms with van der Waals surface area (Å²) in [6.45, 7) is 5.84. The third-order valence-electron chi connectivity index (χ3n) is 4.81. The summed E-state index contributed by atoms with van der Waals surface area (Å²) in [6, 6.07) is 3.67. The number of nitrogens with zero attached hydrogens (tertiary/aromatic N) is 5. The van der Waals surface area contributed by atoms with Crippen molar-refractivity contribution in [2.24, 2.45) is 0 Å². The van der Waals surface area contributed by atoms with E-state index < -0.39 is 0 Å². The van der Waals surface area contributed by atoms with Crippen LogP contribution in [-0.2, 0) is 4.79 Å². The SMILES string of the molecule is CC(=O)N1CCN(C(=O)c2ccc(N3CCCCCC3)nn2)CC1. The molecule has 130 valence electrons. The molecule has 1 aromatic rings. The minimum absolute atomic E-state index is 0.0590. The molecular formula is C17H25N5O2. The fraction of sp³-hybridized carbons (Fsp3) is 0.647. The van der Waals surface area contributed by atoms with Crippen LogP contribution in [0.4, 0.5) is 5.82 Å². The molecule has 2 amide bonds. The van der Waals surface area contributed by atoms with Gasteiger partial charge >= 0.3 is 0 Å². The van der Waals surface area contributed by atoms with Crippen LogP contribution in [0.1, 0.15) is 43.1 Å². The maximum absolute atomic E-state index is 12.5. The van der Waals surface area contributed by atoms with Crippen LogP contribution in [0.15, 0.2) is 12.1 Å². The molecule has 0 spiro atoms. The monoisotopic (exact) mass is 331 g/mol. The van der Waals surface area contributed by atoms with Crippen LogP contribution in [0.5, 0.6) is 0 Å². The molecule has 0 atom stereocenters. The van der Waals surface area contributed by atoms with Gasteiger partial charge in [-0.1, -0.05) is 12.8 Å². The summed E-state index contributed by atoms with van der Waals surface area (Å²) in [6.07, 6.45) is 4.91. The lowest BCUT2D eigenvalue weighted by molar-refractivity contribution is -0.130. The molecule has 0 aliphatic carbocycles. The standard InChI is InChI=1S/C17H25N5O2/c1-14(23)20-10-12-22(13-11-20)17(24)15-6-7-16(19-18-15)21-8-4-2-3-5-9-21/h6-7H,2-5,8-13H2,1H3. The van der Waals surface area contributed by atoms with Crippen LogP contribution >= 0.6 is 0 Å². The molecule has 7 nitrogen and oxygen atoms in total. The third-order valence-corrected chi connectivity index (χ3v) is 4.81. The largest absolute Gasteiger partial charge is 0.355 e. The molecule has 7 heteroatoms. The fourth-order valence-corrected chi connectivity index (χ4v) is 3.29. The second kappa shape index (κ2) is 7.59. The van der Waals surface area contributed by atoms with E-state index in [0.717, 1.165) is 18.9 Å². The topological polar surface area (TPSA) is 69.6 Å². The van der Waals surface area contributed by atoms with Crippen LogP contribution in [0.2, 0.25) is 0 Å². The van der Waals surface area contributed by atoms with Gasteiger partial charge in [0.15, 0.2) is 11.5 Å². The summed E-state index contributed by atoms with van der Waals surface area (Å²) in [5, 5.41) is 8.42. The predicted octanol–water partition coefficient (Wildman–Crippen LogP) is 1.16. The Morgan fingerprint density at radius 3 is 2.00 bits per heavy atom. The van der Waals surface area contributed by atoms with Crippen LogP contribution in [0, 0.1) is 0 Å². The highest BCUT2D eigenvalue weighted by atomic mass is 16.2. The highest BCUT2D eigenvalue weighted by Gasteiger charge is 2.24. The highest BCUT2D eigenvalue weighted by Crippen LogP contribution is 2.17. The van der Waals surface area contributed by atoms with Crippen molar-refractivity contribution < 1.29 is 9.59 Å². The first kappa shape index (κ1) is 16.7. The Morgan fingerprint density at radius 1 is 0.833 bits per heavy atom. The number of amides is 2. The average Bonchev–Trinajstić information content (AvgIpc) is 2.91. The predicted molar refractivity (Wildman–Crippen MR) is 90.9 cm³/mol. The first-order chi connectivity index (χ1) is 11.6. The molecule has 0 unspecified atom stereocenters. The Kier molecular flexibility index (Phi) is 5.27. The quantitative estimate of drug-likeness (QED) is 0.813. The van der Waals surface area contributed by atoms with Gasteiger partial charge < -0.3 is 14.7 Å². The first-order valence-corrected chi connectivity index (χ1v) is 8.78. The van der Waals surface area contributed by atoms with Crippen molar-refractivity contribution in [1.82, 2.24) is 20.0 Å². The number of carbonyl (C=O) groups is 2. The Hall–Kier alpha value is -2.18.